The van der Waals surface area contributed by atoms with E-state index in [0.717, 1.165) is 4.90 Å². The molecule has 0 spiro atoms. The number of hydrogen-bond donors (Lipinski definition) is 1. The minimum Gasteiger partial charge on any atom is -0.330 e. The summed E-state index contributed by atoms with van der Waals surface area (Å²) >= 11 is 0. The zero-order valence-corrected chi connectivity index (χ0v) is 8.62. The molecule has 1 saturated heterocycles. The molecule has 0 aromatic heterocycles. The van der Waals surface area contributed by atoms with Crippen LogP contribution in [0.25, 0.3) is 0 Å². The van der Waals surface area contributed by atoms with Gasteiger partial charge in [0.25, 0.3) is 5.91 Å². The number of nitrogens with two attached hydrogens (primary N) is 1. The summed E-state index contributed by atoms with van der Waals surface area (Å²) in [6, 6.07) is -3.05. The van der Waals surface area contributed by atoms with E-state index >= 15 is 0 Å². The van der Waals surface area contributed by atoms with Crippen molar-refractivity contribution in [3.05, 3.63) is 0 Å². The number of hydrogen-bond acceptors (Lipinski definition) is 3. The molecule has 0 radical (unpaired) electrons. The summed E-state index contributed by atoms with van der Waals surface area (Å²) in [4.78, 5) is 23.8. The smallest absolute Gasteiger partial charge is 0.330 e. The van der Waals surface area contributed by atoms with Crippen LogP contribution in [0.3, 0.4) is 0 Å². The van der Waals surface area contributed by atoms with E-state index in [0.29, 0.717) is 0 Å². The summed E-state index contributed by atoms with van der Waals surface area (Å²) in [5, 5.41) is 0. The quantitative estimate of drug-likeness (QED) is 0.713. The minimum atomic E-state index is -4.64. The molecule has 0 aromatic carbocycles. The lowest BCUT2D eigenvalue weighted by molar-refractivity contribution is -0.180. The third kappa shape index (κ3) is 2.26. The van der Waals surface area contributed by atoms with Gasteiger partial charge in [0.1, 0.15) is 12.6 Å². The Labute approximate surface area is 90.0 Å². The molecular weight excluding hydrogens is 227 g/mol. The van der Waals surface area contributed by atoms with Crippen molar-refractivity contribution in [3.63, 3.8) is 0 Å². The molecule has 0 saturated carbocycles. The zero-order chi connectivity index (χ0) is 12.5. The maximum Gasteiger partial charge on any atom is 0.409 e. The molecule has 1 heterocycles. The topological polar surface area (TPSA) is 66.6 Å². The first-order chi connectivity index (χ1) is 7.29. The van der Waals surface area contributed by atoms with Gasteiger partial charge in [0.2, 0.25) is 0 Å². The number of likely N-dealkylation sites (N-methyl/N-ethyl adjacent to an activating group) is 1. The van der Waals surface area contributed by atoms with Crippen molar-refractivity contribution < 1.29 is 22.8 Å². The summed E-state index contributed by atoms with van der Waals surface area (Å²) in [5.41, 5.74) is 5.06. The maximum absolute atomic E-state index is 12.6. The monoisotopic (exact) mass is 239 g/mol. The van der Waals surface area contributed by atoms with E-state index in [2.05, 4.69) is 0 Å². The summed E-state index contributed by atoms with van der Waals surface area (Å²) < 4.78 is 37.8. The molecule has 0 aromatic rings. The van der Waals surface area contributed by atoms with Gasteiger partial charge in [-0.15, -0.1) is 0 Å². The molecule has 1 rings (SSSR count). The second-order valence-corrected chi connectivity index (χ2v) is 3.54. The molecule has 92 valence electrons. The van der Waals surface area contributed by atoms with Crippen molar-refractivity contribution in [2.24, 2.45) is 5.73 Å². The van der Waals surface area contributed by atoms with E-state index in [1.54, 1.807) is 0 Å². The lowest BCUT2D eigenvalue weighted by Gasteiger charge is -2.27. The SMILES string of the molecule is CN1CC(=O)N(C(CCN)C(F)(F)F)C1=O. The summed E-state index contributed by atoms with van der Waals surface area (Å²) in [6.07, 6.45) is -5.12. The highest BCUT2D eigenvalue weighted by molar-refractivity contribution is 6.02. The molecule has 16 heavy (non-hydrogen) atoms. The Balaban J connectivity index is 2.95. The van der Waals surface area contributed by atoms with Crippen LogP contribution in [0.2, 0.25) is 0 Å². The maximum atomic E-state index is 12.6. The second-order valence-electron chi connectivity index (χ2n) is 3.54. The van der Waals surface area contributed by atoms with Gasteiger partial charge in [0.15, 0.2) is 0 Å². The molecule has 3 amide bonds. The van der Waals surface area contributed by atoms with Crippen molar-refractivity contribution in [2.45, 2.75) is 18.6 Å². The molecule has 8 heteroatoms. The van der Waals surface area contributed by atoms with Crippen LogP contribution in [0.4, 0.5) is 18.0 Å². The van der Waals surface area contributed by atoms with Gasteiger partial charge < -0.3 is 10.6 Å². The third-order valence-electron chi connectivity index (χ3n) is 2.30. The lowest BCUT2D eigenvalue weighted by Crippen LogP contribution is -2.50. The summed E-state index contributed by atoms with van der Waals surface area (Å²) in [7, 11) is 1.27. The number of nitrogens with zero attached hydrogens (tertiary/aromatic N) is 2. The number of halogens is 3. The molecule has 5 nitrogen and oxygen atoms in total. The van der Waals surface area contributed by atoms with Gasteiger partial charge >= 0.3 is 12.2 Å². The Kier molecular flexibility index (Phi) is 3.41. The van der Waals surface area contributed by atoms with E-state index < -0.39 is 30.6 Å². The van der Waals surface area contributed by atoms with Gasteiger partial charge in [-0.3, -0.25) is 9.69 Å². The van der Waals surface area contributed by atoms with E-state index in [1.807, 2.05) is 0 Å². The fourth-order valence-corrected chi connectivity index (χ4v) is 1.54. The average Bonchev–Trinajstić information content (AvgIpc) is 2.37. The molecule has 0 bridgehead atoms. The molecule has 1 aliphatic rings. The van der Waals surface area contributed by atoms with E-state index in [4.69, 9.17) is 5.73 Å². The molecule has 1 atom stereocenters. The van der Waals surface area contributed by atoms with Crippen molar-refractivity contribution in [1.82, 2.24) is 9.80 Å². The van der Waals surface area contributed by atoms with Gasteiger partial charge in [0, 0.05) is 7.05 Å². The van der Waals surface area contributed by atoms with Crippen molar-refractivity contribution in [1.29, 1.82) is 0 Å². The van der Waals surface area contributed by atoms with Crippen LogP contribution in [0, 0.1) is 0 Å². The number of amides is 3. The average molecular weight is 239 g/mol. The number of carbonyl (C=O) groups is 2. The van der Waals surface area contributed by atoms with Crippen molar-refractivity contribution >= 4 is 11.9 Å². The zero-order valence-electron chi connectivity index (χ0n) is 8.62. The van der Waals surface area contributed by atoms with Gasteiger partial charge in [-0.05, 0) is 13.0 Å². The van der Waals surface area contributed by atoms with E-state index in [1.165, 1.54) is 7.05 Å². The summed E-state index contributed by atoms with van der Waals surface area (Å²) in [5.74, 6) is -0.844. The molecule has 1 unspecified atom stereocenters. The van der Waals surface area contributed by atoms with Gasteiger partial charge in [-0.1, -0.05) is 0 Å². The van der Waals surface area contributed by atoms with Crippen LogP contribution in [-0.4, -0.2) is 54.1 Å². The Morgan fingerprint density at radius 2 is 2.00 bits per heavy atom. The molecule has 2 N–H and O–H groups in total. The Hall–Kier alpha value is -1.31. The first kappa shape index (κ1) is 12.8. The van der Waals surface area contributed by atoms with Gasteiger partial charge in [0.05, 0.1) is 0 Å². The number of rotatable bonds is 3. The highest BCUT2D eigenvalue weighted by Crippen LogP contribution is 2.29. The van der Waals surface area contributed by atoms with E-state index in [-0.39, 0.29) is 18.0 Å². The van der Waals surface area contributed by atoms with Crippen LogP contribution in [-0.2, 0) is 4.79 Å². The molecule has 0 aliphatic carbocycles. The third-order valence-corrected chi connectivity index (χ3v) is 2.30. The molecular formula is C8H12F3N3O2. The fraction of sp³-hybridized carbons (Fsp3) is 0.750. The number of alkyl halides is 3. The van der Waals surface area contributed by atoms with E-state index in [9.17, 15) is 22.8 Å². The number of imide groups is 1. The first-order valence-corrected chi connectivity index (χ1v) is 4.63. The minimum absolute atomic E-state index is 0.243. The standard InChI is InChI=1S/C8H12F3N3O2/c1-13-4-6(15)14(7(13)16)5(2-3-12)8(9,10)11/h5H,2-4,12H2,1H3. The van der Waals surface area contributed by atoms with Crippen molar-refractivity contribution in [2.75, 3.05) is 20.1 Å². The largest absolute Gasteiger partial charge is 0.409 e. The fourth-order valence-electron chi connectivity index (χ4n) is 1.54. The highest BCUT2D eigenvalue weighted by atomic mass is 19.4. The first-order valence-electron chi connectivity index (χ1n) is 4.63. The predicted molar refractivity (Wildman–Crippen MR) is 48.4 cm³/mol. The van der Waals surface area contributed by atoms with Crippen LogP contribution in [0.5, 0.6) is 0 Å². The van der Waals surface area contributed by atoms with Crippen LogP contribution in [0.15, 0.2) is 0 Å². The van der Waals surface area contributed by atoms with Gasteiger partial charge in [-0.2, -0.15) is 13.2 Å². The second kappa shape index (κ2) is 4.28. The van der Waals surface area contributed by atoms with Crippen LogP contribution >= 0.6 is 0 Å². The Morgan fingerprint density at radius 3 is 2.31 bits per heavy atom. The molecule has 1 aliphatic heterocycles. The van der Waals surface area contributed by atoms with Crippen LogP contribution < -0.4 is 5.73 Å². The lowest BCUT2D eigenvalue weighted by atomic mass is 10.1. The number of carbonyl (C=O) groups excluding carboxylic acids is 2. The van der Waals surface area contributed by atoms with Crippen LogP contribution in [0.1, 0.15) is 6.42 Å². The predicted octanol–water partition coefficient (Wildman–Crippen LogP) is 0.160. The van der Waals surface area contributed by atoms with Crippen molar-refractivity contribution in [3.8, 4) is 0 Å². The number of urea groups is 1. The normalized spacial score (nSPS) is 19.6. The van der Waals surface area contributed by atoms with Gasteiger partial charge in [-0.25, -0.2) is 4.79 Å². The summed E-state index contributed by atoms with van der Waals surface area (Å²) in [6.45, 7) is -0.569. The molecule has 1 fully saturated rings. The highest BCUT2D eigenvalue weighted by Gasteiger charge is 2.50. The Morgan fingerprint density at radius 1 is 1.44 bits per heavy atom. The Bertz CT molecular complexity index is 305.